The summed E-state index contributed by atoms with van der Waals surface area (Å²) in [6.45, 7) is 1.31. The average molecular weight is 470 g/mol. The number of sulfonamides is 1. The van der Waals surface area contributed by atoms with Gasteiger partial charge in [0.05, 0.1) is 29.2 Å². The average Bonchev–Trinajstić information content (AvgIpc) is 2.78. The fraction of sp³-hybridized carbons (Fsp3) is 0.167. The summed E-state index contributed by atoms with van der Waals surface area (Å²) in [7, 11) is -3.82. The number of halogens is 1. The lowest BCUT2D eigenvalue weighted by atomic mass is 10.1. The van der Waals surface area contributed by atoms with Crippen LogP contribution in [0.5, 0.6) is 0 Å². The Kier molecular flexibility index (Phi) is 7.44. The van der Waals surface area contributed by atoms with Crippen LogP contribution >= 0.6 is 0 Å². The third-order valence-electron chi connectivity index (χ3n) is 4.90. The highest BCUT2D eigenvalue weighted by Crippen LogP contribution is 2.20. The molecule has 33 heavy (non-hydrogen) atoms. The predicted octanol–water partition coefficient (Wildman–Crippen LogP) is 3.72. The van der Waals surface area contributed by atoms with Gasteiger partial charge in [0.15, 0.2) is 0 Å². The molecule has 0 saturated carbocycles. The standard InChI is InChI=1S/C24H24FN3O4S/c1-17(18-8-4-3-5-9-18)26-24(30)21-10-6-7-11-22(21)27-23(29)16-28(33(2,31)32)20-14-12-19(25)13-15-20/h3-15,17H,16H2,1-2H3,(H,26,30)(H,27,29)/t17-/m1/s1. The number of nitrogens with one attached hydrogen (secondary N) is 2. The second-order valence-corrected chi connectivity index (χ2v) is 9.35. The van der Waals surface area contributed by atoms with E-state index in [1.54, 1.807) is 24.3 Å². The summed E-state index contributed by atoms with van der Waals surface area (Å²) >= 11 is 0. The topological polar surface area (TPSA) is 95.6 Å². The van der Waals surface area contributed by atoms with Crippen molar-refractivity contribution in [2.75, 3.05) is 22.4 Å². The van der Waals surface area contributed by atoms with Crippen molar-refractivity contribution in [3.63, 3.8) is 0 Å². The van der Waals surface area contributed by atoms with Crippen LogP contribution in [0.15, 0.2) is 78.9 Å². The van der Waals surface area contributed by atoms with Crippen LogP contribution in [0.3, 0.4) is 0 Å². The maximum absolute atomic E-state index is 13.2. The Labute approximate surface area is 192 Å². The van der Waals surface area contributed by atoms with Gasteiger partial charge in [0, 0.05) is 0 Å². The molecule has 0 fully saturated rings. The van der Waals surface area contributed by atoms with Gasteiger partial charge < -0.3 is 10.6 Å². The molecule has 0 aliphatic rings. The minimum absolute atomic E-state index is 0.150. The van der Waals surface area contributed by atoms with Crippen molar-refractivity contribution in [3.05, 3.63) is 95.8 Å². The van der Waals surface area contributed by atoms with E-state index in [9.17, 15) is 22.4 Å². The summed E-state index contributed by atoms with van der Waals surface area (Å²) in [5.74, 6) is -1.57. The van der Waals surface area contributed by atoms with E-state index in [-0.39, 0.29) is 28.9 Å². The highest BCUT2D eigenvalue weighted by atomic mass is 32.2. The molecule has 3 aromatic rings. The van der Waals surface area contributed by atoms with Crippen LogP contribution in [0, 0.1) is 5.82 Å². The first-order valence-corrected chi connectivity index (χ1v) is 12.0. The normalized spacial score (nSPS) is 12.0. The molecule has 0 spiro atoms. The molecule has 2 amide bonds. The molecule has 0 heterocycles. The number of rotatable bonds is 8. The molecule has 7 nitrogen and oxygen atoms in total. The molecule has 3 rings (SSSR count). The van der Waals surface area contributed by atoms with Gasteiger partial charge in [0.2, 0.25) is 15.9 Å². The predicted molar refractivity (Wildman–Crippen MR) is 126 cm³/mol. The lowest BCUT2D eigenvalue weighted by Gasteiger charge is -2.22. The third-order valence-corrected chi connectivity index (χ3v) is 6.04. The first kappa shape index (κ1) is 23.9. The maximum atomic E-state index is 13.2. The lowest BCUT2D eigenvalue weighted by molar-refractivity contribution is -0.114. The Bertz CT molecular complexity index is 1230. The van der Waals surface area contributed by atoms with Crippen LogP contribution in [-0.2, 0) is 14.8 Å². The number of benzene rings is 3. The van der Waals surface area contributed by atoms with Crippen LogP contribution in [-0.4, -0.2) is 33.0 Å². The number of hydrogen-bond donors (Lipinski definition) is 2. The van der Waals surface area contributed by atoms with Crippen LogP contribution in [0.2, 0.25) is 0 Å². The molecule has 0 saturated heterocycles. The maximum Gasteiger partial charge on any atom is 0.253 e. The second kappa shape index (κ2) is 10.3. The van der Waals surface area contributed by atoms with Gasteiger partial charge in [-0.05, 0) is 48.9 Å². The smallest absolute Gasteiger partial charge is 0.253 e. The molecule has 3 aromatic carbocycles. The van der Waals surface area contributed by atoms with Gasteiger partial charge in [-0.15, -0.1) is 0 Å². The number of carbonyl (C=O) groups is 2. The molecular formula is C24H24FN3O4S. The quantitative estimate of drug-likeness (QED) is 0.526. The molecule has 172 valence electrons. The Morgan fingerprint density at radius 1 is 0.939 bits per heavy atom. The number of para-hydroxylation sites is 1. The molecule has 0 bridgehead atoms. The fourth-order valence-electron chi connectivity index (χ4n) is 3.22. The van der Waals surface area contributed by atoms with Crippen LogP contribution in [0.4, 0.5) is 15.8 Å². The van der Waals surface area contributed by atoms with Crippen molar-refractivity contribution in [2.24, 2.45) is 0 Å². The van der Waals surface area contributed by atoms with E-state index in [1.807, 2.05) is 37.3 Å². The van der Waals surface area contributed by atoms with E-state index in [4.69, 9.17) is 0 Å². The summed E-state index contributed by atoms with van der Waals surface area (Å²) in [6.07, 6.45) is 0.954. The Balaban J connectivity index is 1.76. The summed E-state index contributed by atoms with van der Waals surface area (Å²) in [5, 5.41) is 5.50. The Morgan fingerprint density at radius 2 is 1.55 bits per heavy atom. The number of carbonyl (C=O) groups excluding carboxylic acids is 2. The van der Waals surface area contributed by atoms with E-state index in [0.29, 0.717) is 0 Å². The van der Waals surface area contributed by atoms with Crippen LogP contribution in [0.1, 0.15) is 28.9 Å². The van der Waals surface area contributed by atoms with Crippen molar-refractivity contribution in [1.82, 2.24) is 5.32 Å². The molecule has 0 aliphatic carbocycles. The van der Waals surface area contributed by atoms with E-state index >= 15 is 0 Å². The van der Waals surface area contributed by atoms with E-state index in [0.717, 1.165) is 28.3 Å². The van der Waals surface area contributed by atoms with Crippen molar-refractivity contribution < 1.29 is 22.4 Å². The number of amides is 2. The van der Waals surface area contributed by atoms with Crippen LogP contribution < -0.4 is 14.9 Å². The highest BCUT2D eigenvalue weighted by Gasteiger charge is 2.22. The summed E-state index contributed by atoms with van der Waals surface area (Å²) in [6, 6.07) is 20.4. The van der Waals surface area contributed by atoms with Gasteiger partial charge in [-0.1, -0.05) is 42.5 Å². The molecule has 9 heteroatoms. The van der Waals surface area contributed by atoms with Gasteiger partial charge in [0.1, 0.15) is 12.4 Å². The van der Waals surface area contributed by atoms with Crippen molar-refractivity contribution >= 4 is 33.2 Å². The second-order valence-electron chi connectivity index (χ2n) is 7.45. The molecule has 0 aliphatic heterocycles. The number of hydrogen-bond acceptors (Lipinski definition) is 4. The van der Waals surface area contributed by atoms with Crippen molar-refractivity contribution in [2.45, 2.75) is 13.0 Å². The molecule has 0 aromatic heterocycles. The van der Waals surface area contributed by atoms with E-state index < -0.39 is 28.3 Å². The lowest BCUT2D eigenvalue weighted by Crippen LogP contribution is -2.37. The fourth-order valence-corrected chi connectivity index (χ4v) is 4.07. The molecule has 2 N–H and O–H groups in total. The third kappa shape index (κ3) is 6.39. The SMILES string of the molecule is C[C@@H](NC(=O)c1ccccc1NC(=O)CN(c1ccc(F)cc1)S(C)(=O)=O)c1ccccc1. The first-order chi connectivity index (χ1) is 15.6. The first-order valence-electron chi connectivity index (χ1n) is 10.1. The minimum atomic E-state index is -3.82. The highest BCUT2D eigenvalue weighted by molar-refractivity contribution is 7.92. The van der Waals surface area contributed by atoms with Gasteiger partial charge in [-0.25, -0.2) is 12.8 Å². The van der Waals surface area contributed by atoms with Gasteiger partial charge in [0.25, 0.3) is 5.91 Å². The van der Waals surface area contributed by atoms with Crippen molar-refractivity contribution in [3.8, 4) is 0 Å². The van der Waals surface area contributed by atoms with E-state index in [1.165, 1.54) is 12.1 Å². The zero-order valence-electron chi connectivity index (χ0n) is 18.2. The zero-order valence-corrected chi connectivity index (χ0v) is 19.0. The summed E-state index contributed by atoms with van der Waals surface area (Å²) in [5.41, 5.74) is 1.56. The monoisotopic (exact) mass is 469 g/mol. The van der Waals surface area contributed by atoms with Crippen LogP contribution in [0.25, 0.3) is 0 Å². The Hall–Kier alpha value is -3.72. The molecule has 1 atom stereocenters. The Morgan fingerprint density at radius 3 is 2.18 bits per heavy atom. The molecule has 0 unspecified atom stereocenters. The van der Waals surface area contributed by atoms with E-state index in [2.05, 4.69) is 10.6 Å². The molecule has 0 radical (unpaired) electrons. The van der Waals surface area contributed by atoms with Gasteiger partial charge in [-0.2, -0.15) is 0 Å². The van der Waals surface area contributed by atoms with Gasteiger partial charge in [-0.3, -0.25) is 13.9 Å². The number of nitrogens with zero attached hydrogens (tertiary/aromatic N) is 1. The van der Waals surface area contributed by atoms with Gasteiger partial charge >= 0.3 is 0 Å². The number of anilines is 2. The molecular weight excluding hydrogens is 445 g/mol. The largest absolute Gasteiger partial charge is 0.345 e. The zero-order chi connectivity index (χ0) is 24.0. The summed E-state index contributed by atoms with van der Waals surface area (Å²) in [4.78, 5) is 25.6. The summed E-state index contributed by atoms with van der Waals surface area (Å²) < 4.78 is 38.5. The van der Waals surface area contributed by atoms with Crippen molar-refractivity contribution in [1.29, 1.82) is 0 Å². The minimum Gasteiger partial charge on any atom is -0.345 e.